The van der Waals surface area contributed by atoms with Gasteiger partial charge in [0, 0.05) is 10.6 Å². The summed E-state index contributed by atoms with van der Waals surface area (Å²) >= 11 is 12.2. The summed E-state index contributed by atoms with van der Waals surface area (Å²) < 4.78 is 5.91. The molecule has 28 heavy (non-hydrogen) atoms. The summed E-state index contributed by atoms with van der Waals surface area (Å²) in [6.07, 6.45) is 1.69. The molecule has 3 nitrogen and oxygen atoms in total. The van der Waals surface area contributed by atoms with E-state index in [-0.39, 0.29) is 0 Å². The van der Waals surface area contributed by atoms with Crippen molar-refractivity contribution >= 4 is 40.8 Å². The van der Waals surface area contributed by atoms with Gasteiger partial charge in [-0.05, 0) is 54.6 Å². The number of anilines is 2. The average Bonchev–Trinajstić information content (AvgIpc) is 3.18. The van der Waals surface area contributed by atoms with Crippen molar-refractivity contribution < 1.29 is 4.42 Å². The molecule has 0 saturated heterocycles. The van der Waals surface area contributed by atoms with E-state index < -0.39 is 0 Å². The van der Waals surface area contributed by atoms with Crippen molar-refractivity contribution in [3.63, 3.8) is 0 Å². The summed E-state index contributed by atoms with van der Waals surface area (Å²) in [7, 11) is 0. The molecule has 3 aromatic carbocycles. The van der Waals surface area contributed by atoms with Crippen LogP contribution in [0.1, 0.15) is 5.76 Å². The number of rotatable bonds is 5. The van der Waals surface area contributed by atoms with Crippen LogP contribution < -0.4 is 5.01 Å². The Balaban J connectivity index is 1.64. The Bertz CT molecular complexity index is 1050. The van der Waals surface area contributed by atoms with E-state index >= 15 is 0 Å². The van der Waals surface area contributed by atoms with Gasteiger partial charge in [0.15, 0.2) is 0 Å². The maximum atomic E-state index is 6.27. The van der Waals surface area contributed by atoms with Crippen LogP contribution >= 0.6 is 23.2 Å². The lowest BCUT2D eigenvalue weighted by atomic mass is 10.2. The first-order valence-electron chi connectivity index (χ1n) is 8.70. The zero-order valence-corrected chi connectivity index (χ0v) is 16.3. The first-order chi connectivity index (χ1) is 13.7. The number of para-hydroxylation sites is 2. The predicted octanol–water partition coefficient (Wildman–Crippen LogP) is 7.43. The van der Waals surface area contributed by atoms with Crippen molar-refractivity contribution in [3.05, 3.63) is 107 Å². The largest absolute Gasteiger partial charge is 0.455 e. The fraction of sp³-hybridized carbons (Fsp3) is 0. The van der Waals surface area contributed by atoms with Gasteiger partial charge in [0.05, 0.1) is 22.6 Å². The summed E-state index contributed by atoms with van der Waals surface area (Å²) in [6.45, 7) is 0. The predicted molar refractivity (Wildman–Crippen MR) is 117 cm³/mol. The third-order valence-electron chi connectivity index (χ3n) is 4.13. The Morgan fingerprint density at radius 1 is 0.750 bits per heavy atom. The van der Waals surface area contributed by atoms with Crippen LogP contribution in [0.5, 0.6) is 0 Å². The molecule has 1 heterocycles. The fourth-order valence-electron chi connectivity index (χ4n) is 2.79. The molecule has 0 spiro atoms. The minimum Gasteiger partial charge on any atom is -0.455 e. The SMILES string of the molecule is Clc1ccc(-c2ccc(/C=N/N(c3ccccc3)c3ccccc3)o2)c(Cl)c1. The van der Waals surface area contributed by atoms with E-state index in [0.717, 1.165) is 16.9 Å². The molecule has 0 aliphatic carbocycles. The Morgan fingerprint density at radius 3 is 2.00 bits per heavy atom. The van der Waals surface area contributed by atoms with Gasteiger partial charge >= 0.3 is 0 Å². The monoisotopic (exact) mass is 406 g/mol. The molecule has 4 rings (SSSR count). The molecule has 0 bridgehead atoms. The number of nitrogens with zero attached hydrogens (tertiary/aromatic N) is 2. The molecule has 0 radical (unpaired) electrons. The number of hydrazone groups is 1. The molecular formula is C23H16Cl2N2O. The molecule has 0 unspecified atom stereocenters. The number of furan rings is 1. The maximum Gasteiger partial charge on any atom is 0.147 e. The van der Waals surface area contributed by atoms with Crippen molar-refractivity contribution in [3.8, 4) is 11.3 Å². The van der Waals surface area contributed by atoms with Gasteiger partial charge in [0.25, 0.3) is 0 Å². The van der Waals surface area contributed by atoms with Gasteiger partial charge in [0.2, 0.25) is 0 Å². The average molecular weight is 407 g/mol. The molecule has 1 aromatic heterocycles. The fourth-order valence-corrected chi connectivity index (χ4v) is 3.29. The van der Waals surface area contributed by atoms with Gasteiger partial charge in [-0.2, -0.15) is 5.10 Å². The van der Waals surface area contributed by atoms with Crippen LogP contribution in [-0.2, 0) is 0 Å². The normalized spacial score (nSPS) is 11.1. The number of hydrogen-bond donors (Lipinski definition) is 0. The Kier molecular flexibility index (Phi) is 5.47. The minimum absolute atomic E-state index is 0.542. The number of halogens is 2. The maximum absolute atomic E-state index is 6.27. The summed E-state index contributed by atoms with van der Waals surface area (Å²) in [6, 6.07) is 28.9. The van der Waals surface area contributed by atoms with Crippen LogP contribution in [0, 0.1) is 0 Å². The molecule has 0 saturated carbocycles. The molecule has 0 fully saturated rings. The van der Waals surface area contributed by atoms with Gasteiger partial charge in [-0.1, -0.05) is 59.6 Å². The topological polar surface area (TPSA) is 28.7 Å². The molecular weight excluding hydrogens is 391 g/mol. The lowest BCUT2D eigenvalue weighted by Crippen LogP contribution is -2.08. The van der Waals surface area contributed by atoms with E-state index in [9.17, 15) is 0 Å². The van der Waals surface area contributed by atoms with Crippen LogP contribution in [0.4, 0.5) is 11.4 Å². The second-order valence-electron chi connectivity index (χ2n) is 6.05. The van der Waals surface area contributed by atoms with Crippen molar-refractivity contribution in [1.82, 2.24) is 0 Å². The van der Waals surface area contributed by atoms with E-state index in [0.29, 0.717) is 21.6 Å². The zero-order chi connectivity index (χ0) is 19.3. The highest BCUT2D eigenvalue weighted by atomic mass is 35.5. The molecule has 4 aromatic rings. The van der Waals surface area contributed by atoms with Gasteiger partial charge < -0.3 is 4.42 Å². The molecule has 5 heteroatoms. The highest BCUT2D eigenvalue weighted by Crippen LogP contribution is 2.31. The zero-order valence-electron chi connectivity index (χ0n) is 14.8. The Morgan fingerprint density at radius 2 is 1.39 bits per heavy atom. The standard InChI is InChI=1S/C23H16Cl2N2O/c24-17-11-13-21(22(25)15-17)23-14-12-20(28-23)16-26-27(18-7-3-1-4-8-18)19-9-5-2-6-10-19/h1-16H/b26-16+. The smallest absolute Gasteiger partial charge is 0.147 e. The van der Waals surface area contributed by atoms with Crippen LogP contribution in [0.25, 0.3) is 11.3 Å². The molecule has 0 amide bonds. The van der Waals surface area contributed by atoms with Gasteiger partial charge in [0.1, 0.15) is 11.5 Å². The van der Waals surface area contributed by atoms with E-state index in [1.807, 2.05) is 83.9 Å². The number of hydrogen-bond acceptors (Lipinski definition) is 3. The first-order valence-corrected chi connectivity index (χ1v) is 9.46. The van der Waals surface area contributed by atoms with Crippen molar-refractivity contribution in [1.29, 1.82) is 0 Å². The number of benzene rings is 3. The summed E-state index contributed by atoms with van der Waals surface area (Å²) in [4.78, 5) is 0. The van der Waals surface area contributed by atoms with Gasteiger partial charge in [-0.15, -0.1) is 0 Å². The van der Waals surface area contributed by atoms with Crippen molar-refractivity contribution in [2.75, 3.05) is 5.01 Å². The third kappa shape index (κ3) is 4.11. The van der Waals surface area contributed by atoms with Crippen molar-refractivity contribution in [2.45, 2.75) is 0 Å². The van der Waals surface area contributed by atoms with Crippen LogP contribution in [0.15, 0.2) is 101 Å². The molecule has 0 aliphatic heterocycles. The van der Waals surface area contributed by atoms with Gasteiger partial charge in [-0.3, -0.25) is 0 Å². The van der Waals surface area contributed by atoms with E-state index in [1.54, 1.807) is 18.3 Å². The quantitative estimate of drug-likeness (QED) is 0.254. The second kappa shape index (κ2) is 8.34. The molecule has 0 N–H and O–H groups in total. The Hall–Kier alpha value is -3.01. The highest BCUT2D eigenvalue weighted by molar-refractivity contribution is 6.36. The van der Waals surface area contributed by atoms with Crippen molar-refractivity contribution in [2.24, 2.45) is 5.10 Å². The third-order valence-corrected chi connectivity index (χ3v) is 4.67. The molecule has 0 aliphatic rings. The molecule has 0 atom stereocenters. The summed E-state index contributed by atoms with van der Waals surface area (Å²) in [5.74, 6) is 1.28. The summed E-state index contributed by atoms with van der Waals surface area (Å²) in [5.41, 5.74) is 2.70. The Labute approximate surface area is 173 Å². The van der Waals surface area contributed by atoms with Crippen LogP contribution in [0.2, 0.25) is 10.0 Å². The highest BCUT2D eigenvalue weighted by Gasteiger charge is 2.10. The second-order valence-corrected chi connectivity index (χ2v) is 6.90. The molecule has 138 valence electrons. The summed E-state index contributed by atoms with van der Waals surface area (Å²) in [5, 5.41) is 7.63. The lowest BCUT2D eigenvalue weighted by Gasteiger charge is -2.18. The van der Waals surface area contributed by atoms with Crippen LogP contribution in [0.3, 0.4) is 0 Å². The van der Waals surface area contributed by atoms with Crippen LogP contribution in [-0.4, -0.2) is 6.21 Å². The van der Waals surface area contributed by atoms with E-state index in [1.165, 1.54) is 0 Å². The minimum atomic E-state index is 0.542. The van der Waals surface area contributed by atoms with E-state index in [2.05, 4.69) is 5.10 Å². The van der Waals surface area contributed by atoms with E-state index in [4.69, 9.17) is 27.6 Å². The first kappa shape index (κ1) is 18.4. The van der Waals surface area contributed by atoms with Gasteiger partial charge in [-0.25, -0.2) is 5.01 Å². The lowest BCUT2D eigenvalue weighted by molar-refractivity contribution is 0.575.